The molecule has 0 aliphatic carbocycles. The molecule has 1 amide bonds. The first-order valence-corrected chi connectivity index (χ1v) is 11.6. The van der Waals surface area contributed by atoms with E-state index in [-0.39, 0.29) is 31.1 Å². The number of hydrogen-bond acceptors (Lipinski definition) is 7. The van der Waals surface area contributed by atoms with Crippen molar-refractivity contribution in [1.82, 2.24) is 19.6 Å². The molecule has 10 nitrogen and oxygen atoms in total. The second-order valence-corrected chi connectivity index (χ2v) is 9.85. The third kappa shape index (κ3) is 5.61. The minimum absolute atomic E-state index is 0.000948. The summed E-state index contributed by atoms with van der Waals surface area (Å²) in [5.41, 5.74) is -0.345. The van der Waals surface area contributed by atoms with Crippen molar-refractivity contribution in [2.45, 2.75) is 38.5 Å². The summed E-state index contributed by atoms with van der Waals surface area (Å²) in [5.74, 6) is -0.781. The number of nitrogens with one attached hydrogen (secondary N) is 1. The average molecular weight is 523 g/mol. The van der Waals surface area contributed by atoms with Crippen LogP contribution in [0.1, 0.15) is 38.5 Å². The first-order chi connectivity index (χ1) is 16.5. The number of carbonyl (C=O) groups excluding carboxylic acids is 1. The lowest BCUT2D eigenvalue weighted by atomic mass is 10.0. The number of rotatable bonds is 3. The van der Waals surface area contributed by atoms with Gasteiger partial charge in [-0.25, -0.2) is 9.59 Å². The molecule has 3 heterocycles. The molecular formula is C23H24Cl2N4O6. The van der Waals surface area contributed by atoms with Gasteiger partial charge in [-0.3, -0.25) is 14.3 Å². The molecule has 0 spiro atoms. The van der Waals surface area contributed by atoms with Gasteiger partial charge in [-0.1, -0.05) is 34.4 Å². The summed E-state index contributed by atoms with van der Waals surface area (Å²) < 4.78 is 17.7. The van der Waals surface area contributed by atoms with Gasteiger partial charge in [0.1, 0.15) is 11.7 Å². The predicted molar refractivity (Wildman–Crippen MR) is 129 cm³/mol. The monoisotopic (exact) mass is 522 g/mol. The summed E-state index contributed by atoms with van der Waals surface area (Å²) in [6, 6.07) is 7.57. The molecule has 1 fully saturated rings. The van der Waals surface area contributed by atoms with Crippen LogP contribution in [0.15, 0.2) is 50.6 Å². The molecule has 4 rings (SSSR count). The molecule has 186 valence electrons. The zero-order valence-electron chi connectivity index (χ0n) is 19.3. The first-order valence-electron chi connectivity index (χ1n) is 10.9. The highest BCUT2D eigenvalue weighted by atomic mass is 35.5. The standard InChI is InChI=1S/C23H24Cl2N4O6/c1-23(2,3)34-22(32)28-9-10-33-18(13-6-7-15(24)16(25)11-13)17(12-28)29-8-4-5-14(20(29)30)19-26-21(31)35-27-19/h4-8,11,17-18H,9-10,12H2,1-3H3,(H,26,27,31). The molecule has 1 aromatic carbocycles. The van der Waals surface area contributed by atoms with Crippen LogP contribution in [0.25, 0.3) is 11.4 Å². The lowest BCUT2D eigenvalue weighted by Crippen LogP contribution is -2.42. The number of aromatic nitrogens is 3. The van der Waals surface area contributed by atoms with Crippen LogP contribution >= 0.6 is 23.2 Å². The Balaban J connectivity index is 1.80. The number of benzene rings is 1. The van der Waals surface area contributed by atoms with Gasteiger partial charge in [-0.05, 0) is 50.6 Å². The number of H-pyrrole nitrogens is 1. The molecule has 2 aromatic heterocycles. The minimum Gasteiger partial charge on any atom is -0.444 e. The van der Waals surface area contributed by atoms with Crippen molar-refractivity contribution >= 4 is 29.3 Å². The van der Waals surface area contributed by atoms with E-state index in [1.807, 2.05) is 0 Å². The van der Waals surface area contributed by atoms with Crippen LogP contribution in [0.5, 0.6) is 0 Å². The molecule has 2 atom stereocenters. The fourth-order valence-electron chi connectivity index (χ4n) is 3.84. The number of hydrogen-bond donors (Lipinski definition) is 1. The largest absolute Gasteiger partial charge is 0.444 e. The smallest absolute Gasteiger partial charge is 0.439 e. The van der Waals surface area contributed by atoms with Crippen LogP contribution in [-0.4, -0.2) is 51.0 Å². The predicted octanol–water partition coefficient (Wildman–Crippen LogP) is 4.05. The number of carbonyl (C=O) groups is 1. The Morgan fingerprint density at radius 2 is 1.97 bits per heavy atom. The highest BCUT2D eigenvalue weighted by Gasteiger charge is 2.35. The zero-order chi connectivity index (χ0) is 25.3. The van der Waals surface area contributed by atoms with Crippen molar-refractivity contribution in [3.8, 4) is 11.4 Å². The van der Waals surface area contributed by atoms with Crippen LogP contribution in [0, 0.1) is 0 Å². The van der Waals surface area contributed by atoms with E-state index in [1.54, 1.807) is 51.2 Å². The van der Waals surface area contributed by atoms with Crippen molar-refractivity contribution in [2.75, 3.05) is 19.7 Å². The van der Waals surface area contributed by atoms with Crippen LogP contribution < -0.4 is 11.3 Å². The molecule has 1 saturated heterocycles. The third-order valence-corrected chi connectivity index (χ3v) is 6.11. The maximum atomic E-state index is 13.5. The summed E-state index contributed by atoms with van der Waals surface area (Å²) >= 11 is 12.4. The van der Waals surface area contributed by atoms with E-state index >= 15 is 0 Å². The Morgan fingerprint density at radius 3 is 2.63 bits per heavy atom. The second kappa shape index (κ2) is 9.88. The average Bonchev–Trinajstić information content (AvgIpc) is 3.08. The van der Waals surface area contributed by atoms with Gasteiger partial charge < -0.3 is 18.9 Å². The van der Waals surface area contributed by atoms with Crippen molar-refractivity contribution in [1.29, 1.82) is 0 Å². The molecule has 35 heavy (non-hydrogen) atoms. The Labute approximate surface area is 210 Å². The summed E-state index contributed by atoms with van der Waals surface area (Å²) in [6.07, 6.45) is 0.411. The van der Waals surface area contributed by atoms with E-state index in [0.717, 1.165) is 0 Å². The minimum atomic E-state index is -0.780. The van der Waals surface area contributed by atoms with Crippen LogP contribution in [-0.2, 0) is 9.47 Å². The van der Waals surface area contributed by atoms with Gasteiger partial charge in [-0.15, -0.1) is 0 Å². The van der Waals surface area contributed by atoms with Gasteiger partial charge in [-0.2, -0.15) is 0 Å². The summed E-state index contributed by atoms with van der Waals surface area (Å²) in [6.45, 7) is 5.91. The fourth-order valence-corrected chi connectivity index (χ4v) is 4.15. The lowest BCUT2D eigenvalue weighted by Gasteiger charge is -2.31. The molecule has 2 unspecified atom stereocenters. The quantitative estimate of drug-likeness (QED) is 0.550. The Morgan fingerprint density at radius 1 is 1.20 bits per heavy atom. The SMILES string of the molecule is CC(C)(C)OC(=O)N1CCOC(c2ccc(Cl)c(Cl)c2)C(n2cccc(-c3noc(=O)[nH]3)c2=O)C1. The van der Waals surface area contributed by atoms with Crippen molar-refractivity contribution in [3.63, 3.8) is 0 Å². The molecule has 0 saturated carbocycles. The number of amides is 1. The molecule has 1 N–H and O–H groups in total. The number of ether oxygens (including phenoxy) is 2. The number of aromatic amines is 1. The first kappa shape index (κ1) is 25.0. The van der Waals surface area contributed by atoms with Crippen molar-refractivity contribution < 1.29 is 18.8 Å². The van der Waals surface area contributed by atoms with Gasteiger partial charge in [0.05, 0.1) is 28.3 Å². The van der Waals surface area contributed by atoms with Gasteiger partial charge in [0.25, 0.3) is 5.56 Å². The van der Waals surface area contributed by atoms with Crippen LogP contribution in [0.2, 0.25) is 10.0 Å². The number of pyridine rings is 1. The van der Waals surface area contributed by atoms with E-state index < -0.39 is 35.2 Å². The van der Waals surface area contributed by atoms with E-state index in [1.165, 1.54) is 15.5 Å². The third-order valence-electron chi connectivity index (χ3n) is 5.37. The number of halogens is 2. The van der Waals surface area contributed by atoms with Gasteiger partial charge in [0.2, 0.25) is 0 Å². The number of nitrogens with zero attached hydrogens (tertiary/aromatic N) is 3. The van der Waals surface area contributed by atoms with E-state index in [0.29, 0.717) is 15.6 Å². The molecule has 0 bridgehead atoms. The van der Waals surface area contributed by atoms with Gasteiger partial charge >= 0.3 is 11.8 Å². The normalized spacial score (nSPS) is 18.8. The van der Waals surface area contributed by atoms with E-state index in [9.17, 15) is 14.4 Å². The summed E-state index contributed by atoms with van der Waals surface area (Å²) in [4.78, 5) is 41.8. The lowest BCUT2D eigenvalue weighted by molar-refractivity contribution is 0.0231. The Bertz CT molecular complexity index is 1340. The van der Waals surface area contributed by atoms with Crippen LogP contribution in [0.3, 0.4) is 0 Å². The van der Waals surface area contributed by atoms with Crippen molar-refractivity contribution in [2.24, 2.45) is 0 Å². The van der Waals surface area contributed by atoms with Crippen LogP contribution in [0.4, 0.5) is 4.79 Å². The maximum absolute atomic E-state index is 13.5. The summed E-state index contributed by atoms with van der Waals surface area (Å²) in [5, 5.41) is 4.34. The Kier molecular flexibility index (Phi) is 7.07. The topological polar surface area (TPSA) is 120 Å². The summed E-state index contributed by atoms with van der Waals surface area (Å²) in [7, 11) is 0. The second-order valence-electron chi connectivity index (χ2n) is 9.04. The van der Waals surface area contributed by atoms with E-state index in [4.69, 9.17) is 32.7 Å². The maximum Gasteiger partial charge on any atom is 0.439 e. The Hall–Kier alpha value is -3.08. The zero-order valence-corrected chi connectivity index (χ0v) is 20.8. The molecule has 1 aliphatic heterocycles. The van der Waals surface area contributed by atoms with Gasteiger partial charge in [0.15, 0.2) is 5.82 Å². The van der Waals surface area contributed by atoms with Crippen molar-refractivity contribution in [3.05, 3.63) is 73.0 Å². The molecule has 3 aromatic rings. The van der Waals surface area contributed by atoms with E-state index in [2.05, 4.69) is 14.7 Å². The molecule has 1 aliphatic rings. The fraction of sp³-hybridized carbons (Fsp3) is 0.391. The molecule has 0 radical (unpaired) electrons. The highest BCUT2D eigenvalue weighted by Crippen LogP contribution is 2.35. The van der Waals surface area contributed by atoms with Gasteiger partial charge in [0, 0.05) is 19.3 Å². The molecule has 12 heteroatoms. The molecular weight excluding hydrogens is 499 g/mol. The highest BCUT2D eigenvalue weighted by molar-refractivity contribution is 6.42.